The molecule has 27 heavy (non-hydrogen) atoms. The number of nitrogens with one attached hydrogen (secondary N) is 2. The van der Waals surface area contributed by atoms with Gasteiger partial charge in [-0.05, 0) is 29.2 Å². The Labute approximate surface area is 158 Å². The van der Waals surface area contributed by atoms with Crippen molar-refractivity contribution in [1.82, 2.24) is 10.6 Å². The lowest BCUT2D eigenvalue weighted by Gasteiger charge is -2.15. The number of carbonyl (C=O) groups is 2. The minimum absolute atomic E-state index is 0.0144. The molecule has 1 aliphatic rings. The first-order valence-electron chi connectivity index (χ1n) is 8.91. The topological polar surface area (TPSA) is 82.0 Å². The zero-order chi connectivity index (χ0) is 19.2. The van der Waals surface area contributed by atoms with E-state index in [9.17, 15) is 14.9 Å². The lowest BCUT2D eigenvalue weighted by Crippen LogP contribution is -2.31. The first kappa shape index (κ1) is 18.4. The number of allylic oxidation sites excluding steroid dienone is 1. The van der Waals surface area contributed by atoms with Gasteiger partial charge in [-0.25, -0.2) is 0 Å². The van der Waals surface area contributed by atoms with Crippen molar-refractivity contribution in [3.05, 3.63) is 71.8 Å². The Morgan fingerprint density at radius 3 is 2.70 bits per heavy atom. The van der Waals surface area contributed by atoms with Crippen LogP contribution in [0.15, 0.2) is 55.1 Å². The average Bonchev–Trinajstić information content (AvgIpc) is 3.12. The van der Waals surface area contributed by atoms with E-state index in [-0.39, 0.29) is 17.7 Å². The quantitative estimate of drug-likeness (QED) is 0.778. The normalized spacial score (nSPS) is 15.7. The fraction of sp³-hybridized carbons (Fsp3) is 0.227. The second-order valence-electron chi connectivity index (χ2n) is 6.57. The molecular weight excluding hydrogens is 338 g/mol. The lowest BCUT2D eigenvalue weighted by atomic mass is 9.90. The molecule has 136 valence electrons. The Bertz CT molecular complexity index is 913. The summed E-state index contributed by atoms with van der Waals surface area (Å²) in [5, 5.41) is 15.4. The highest BCUT2D eigenvalue weighted by molar-refractivity contribution is 5.97. The number of carbonyl (C=O) groups excluding carboxylic acids is 2. The number of amides is 2. The monoisotopic (exact) mass is 359 g/mol. The summed E-state index contributed by atoms with van der Waals surface area (Å²) >= 11 is 0. The van der Waals surface area contributed by atoms with E-state index < -0.39 is 0 Å². The largest absolute Gasteiger partial charge is 0.356 e. The van der Waals surface area contributed by atoms with Crippen LogP contribution in [0, 0.1) is 17.2 Å². The highest BCUT2D eigenvalue weighted by Gasteiger charge is 2.23. The molecule has 3 rings (SSSR count). The maximum absolute atomic E-state index is 12.7. The molecule has 0 aliphatic carbocycles. The minimum Gasteiger partial charge on any atom is -0.356 e. The standard InChI is InChI=1S/C22H21N3O2/c1-2-6-18-19(22(27)25-14-15-11-21(26)24-13-15)10-9-17(20(18)12-23)16-7-4-3-5-8-16/h2-5,7-10,15H,1,6,11,13-14H2,(H,24,26)(H,25,27). The van der Waals surface area contributed by atoms with Crippen LogP contribution in [-0.4, -0.2) is 24.9 Å². The second kappa shape index (κ2) is 8.33. The number of benzene rings is 2. The van der Waals surface area contributed by atoms with Gasteiger partial charge in [0.25, 0.3) is 5.91 Å². The van der Waals surface area contributed by atoms with Crippen molar-refractivity contribution in [2.75, 3.05) is 13.1 Å². The van der Waals surface area contributed by atoms with Crippen molar-refractivity contribution in [2.45, 2.75) is 12.8 Å². The Balaban J connectivity index is 1.90. The molecule has 0 spiro atoms. The molecule has 2 aromatic rings. The van der Waals surface area contributed by atoms with Gasteiger partial charge in [0.05, 0.1) is 5.56 Å². The van der Waals surface area contributed by atoms with Crippen molar-refractivity contribution in [2.24, 2.45) is 5.92 Å². The van der Waals surface area contributed by atoms with Crippen molar-refractivity contribution in [1.29, 1.82) is 5.26 Å². The zero-order valence-corrected chi connectivity index (χ0v) is 15.0. The molecule has 0 saturated carbocycles. The molecule has 0 bridgehead atoms. The summed E-state index contributed by atoms with van der Waals surface area (Å²) in [5.74, 6) is -0.119. The maximum atomic E-state index is 12.7. The van der Waals surface area contributed by atoms with E-state index in [1.165, 1.54) is 0 Å². The van der Waals surface area contributed by atoms with E-state index in [2.05, 4.69) is 23.3 Å². The van der Waals surface area contributed by atoms with E-state index in [0.29, 0.717) is 42.6 Å². The van der Waals surface area contributed by atoms with Crippen molar-refractivity contribution in [3.8, 4) is 17.2 Å². The van der Waals surface area contributed by atoms with Gasteiger partial charge in [-0.3, -0.25) is 9.59 Å². The Hall–Kier alpha value is -3.39. The smallest absolute Gasteiger partial charge is 0.251 e. The van der Waals surface area contributed by atoms with Gasteiger partial charge in [0.15, 0.2) is 0 Å². The average molecular weight is 359 g/mol. The van der Waals surface area contributed by atoms with Gasteiger partial charge in [-0.2, -0.15) is 5.26 Å². The molecule has 2 amide bonds. The highest BCUT2D eigenvalue weighted by Crippen LogP contribution is 2.29. The molecule has 1 atom stereocenters. The van der Waals surface area contributed by atoms with Crippen LogP contribution in [0.2, 0.25) is 0 Å². The number of rotatable bonds is 6. The van der Waals surface area contributed by atoms with E-state index in [1.54, 1.807) is 12.1 Å². The predicted octanol–water partition coefficient (Wildman–Crippen LogP) is 2.82. The fourth-order valence-corrected chi connectivity index (χ4v) is 3.34. The van der Waals surface area contributed by atoms with Gasteiger partial charge >= 0.3 is 0 Å². The van der Waals surface area contributed by atoms with Crippen LogP contribution >= 0.6 is 0 Å². The first-order chi connectivity index (χ1) is 13.1. The fourth-order valence-electron chi connectivity index (χ4n) is 3.34. The predicted molar refractivity (Wildman–Crippen MR) is 104 cm³/mol. The molecule has 1 saturated heterocycles. The Morgan fingerprint density at radius 1 is 1.30 bits per heavy atom. The zero-order valence-electron chi connectivity index (χ0n) is 15.0. The van der Waals surface area contributed by atoms with Gasteiger partial charge in [0.1, 0.15) is 6.07 Å². The summed E-state index contributed by atoms with van der Waals surface area (Å²) in [4.78, 5) is 24.0. The first-order valence-corrected chi connectivity index (χ1v) is 8.91. The highest BCUT2D eigenvalue weighted by atomic mass is 16.2. The van der Waals surface area contributed by atoms with Crippen LogP contribution in [-0.2, 0) is 11.2 Å². The van der Waals surface area contributed by atoms with Gasteiger partial charge < -0.3 is 10.6 Å². The van der Waals surface area contributed by atoms with Crippen LogP contribution in [0.1, 0.15) is 27.9 Å². The maximum Gasteiger partial charge on any atom is 0.251 e. The summed E-state index contributed by atoms with van der Waals surface area (Å²) in [7, 11) is 0. The third-order valence-electron chi connectivity index (χ3n) is 4.72. The summed E-state index contributed by atoms with van der Waals surface area (Å²) in [6, 6.07) is 15.5. The second-order valence-corrected chi connectivity index (χ2v) is 6.57. The SMILES string of the molecule is C=CCc1c(C(=O)NCC2CNC(=O)C2)ccc(-c2ccccc2)c1C#N. The van der Waals surface area contributed by atoms with Gasteiger partial charge in [-0.15, -0.1) is 6.58 Å². The molecule has 1 aliphatic heterocycles. The Morgan fingerprint density at radius 2 is 2.07 bits per heavy atom. The van der Waals surface area contributed by atoms with Crippen molar-refractivity contribution >= 4 is 11.8 Å². The van der Waals surface area contributed by atoms with Crippen molar-refractivity contribution < 1.29 is 9.59 Å². The summed E-state index contributed by atoms with van der Waals surface area (Å²) in [6.07, 6.45) is 2.55. The molecule has 5 nitrogen and oxygen atoms in total. The third-order valence-corrected chi connectivity index (χ3v) is 4.72. The summed E-state index contributed by atoms with van der Waals surface area (Å²) < 4.78 is 0. The van der Waals surface area contributed by atoms with Gasteiger partial charge in [0, 0.05) is 31.0 Å². The summed E-state index contributed by atoms with van der Waals surface area (Å²) in [5.41, 5.74) is 3.38. The van der Waals surface area contributed by atoms with E-state index in [1.807, 2.05) is 36.4 Å². The van der Waals surface area contributed by atoms with Crippen LogP contribution in [0.4, 0.5) is 0 Å². The number of hydrogen-bond donors (Lipinski definition) is 2. The third kappa shape index (κ3) is 4.06. The number of nitriles is 1. The van der Waals surface area contributed by atoms with Crippen LogP contribution in [0.3, 0.4) is 0 Å². The Kier molecular flexibility index (Phi) is 5.68. The molecule has 2 aromatic carbocycles. The molecule has 0 radical (unpaired) electrons. The molecule has 2 N–H and O–H groups in total. The van der Waals surface area contributed by atoms with Crippen LogP contribution in [0.5, 0.6) is 0 Å². The lowest BCUT2D eigenvalue weighted by molar-refractivity contribution is -0.119. The molecule has 1 unspecified atom stereocenters. The van der Waals surface area contributed by atoms with E-state index >= 15 is 0 Å². The van der Waals surface area contributed by atoms with Crippen LogP contribution < -0.4 is 10.6 Å². The molecule has 5 heteroatoms. The molecular formula is C22H21N3O2. The molecule has 0 aromatic heterocycles. The number of nitrogens with zero attached hydrogens (tertiary/aromatic N) is 1. The number of hydrogen-bond acceptors (Lipinski definition) is 3. The van der Waals surface area contributed by atoms with Gasteiger partial charge in [-0.1, -0.05) is 42.5 Å². The van der Waals surface area contributed by atoms with Crippen LogP contribution in [0.25, 0.3) is 11.1 Å². The van der Waals surface area contributed by atoms with Gasteiger partial charge in [0.2, 0.25) is 5.91 Å². The van der Waals surface area contributed by atoms with Crippen molar-refractivity contribution in [3.63, 3.8) is 0 Å². The molecule has 1 heterocycles. The minimum atomic E-state index is -0.234. The summed E-state index contributed by atoms with van der Waals surface area (Å²) in [6.45, 7) is 4.77. The van der Waals surface area contributed by atoms with E-state index in [0.717, 1.165) is 11.1 Å². The van der Waals surface area contributed by atoms with E-state index in [4.69, 9.17) is 0 Å². The molecule has 1 fully saturated rings.